The maximum absolute atomic E-state index is 13.0. The predicted molar refractivity (Wildman–Crippen MR) is 109 cm³/mol. The summed E-state index contributed by atoms with van der Waals surface area (Å²) in [5.41, 5.74) is 1.07. The lowest BCUT2D eigenvalue weighted by atomic mass is 10.1. The van der Waals surface area contributed by atoms with Crippen molar-refractivity contribution in [1.29, 1.82) is 0 Å². The number of hydrogen-bond donors (Lipinski definition) is 3. The fourth-order valence-corrected chi connectivity index (χ4v) is 2.76. The number of aliphatic hydroxyl groups is 1. The molecule has 0 bridgehead atoms. The number of anilines is 2. The highest BCUT2D eigenvalue weighted by molar-refractivity contribution is 6.04. The second-order valence-electron chi connectivity index (χ2n) is 6.32. The number of nitrogens with zero attached hydrogens (tertiary/aromatic N) is 2. The molecule has 1 atom stereocenters. The van der Waals surface area contributed by atoms with Crippen LogP contribution in [-0.2, 0) is 11.3 Å². The molecule has 0 radical (unpaired) electrons. The summed E-state index contributed by atoms with van der Waals surface area (Å²) in [5, 5.41) is 19.7. The van der Waals surface area contributed by atoms with Crippen LogP contribution in [-0.4, -0.2) is 33.5 Å². The minimum absolute atomic E-state index is 0.00439. The van der Waals surface area contributed by atoms with Crippen molar-refractivity contribution >= 4 is 23.5 Å². The van der Waals surface area contributed by atoms with Crippen LogP contribution in [0.3, 0.4) is 0 Å². The quantitative estimate of drug-likeness (QED) is 0.515. The Bertz CT molecular complexity index is 1010. The lowest BCUT2D eigenvalue weighted by molar-refractivity contribution is 0.0527. The smallest absolute Gasteiger partial charge is 0.343 e. The highest BCUT2D eigenvalue weighted by Gasteiger charge is 2.22. The lowest BCUT2D eigenvalue weighted by Crippen LogP contribution is -2.24. The van der Waals surface area contributed by atoms with E-state index in [2.05, 4.69) is 15.7 Å². The van der Waals surface area contributed by atoms with Gasteiger partial charge < -0.3 is 15.2 Å². The number of ether oxygens (including phenoxy) is 1. The number of carbonyl (C=O) groups is 2. The molecule has 1 aromatic heterocycles. The molecule has 0 aliphatic rings. The highest BCUT2D eigenvalue weighted by Crippen LogP contribution is 2.22. The van der Waals surface area contributed by atoms with Crippen molar-refractivity contribution in [2.45, 2.75) is 19.6 Å². The molecule has 3 rings (SSSR count). The Hall–Kier alpha value is -3.72. The van der Waals surface area contributed by atoms with Gasteiger partial charge in [-0.3, -0.25) is 5.32 Å². The predicted octanol–water partition coefficient (Wildman–Crippen LogP) is 3.58. The number of halogens is 1. The summed E-state index contributed by atoms with van der Waals surface area (Å²) in [7, 11) is 0. The van der Waals surface area contributed by atoms with Crippen molar-refractivity contribution in [3.05, 3.63) is 77.7 Å². The Labute approximate surface area is 172 Å². The fraction of sp³-hybridized carbons (Fsp3) is 0.190. The zero-order chi connectivity index (χ0) is 21.5. The maximum Gasteiger partial charge on any atom is 0.343 e. The molecule has 0 saturated carbocycles. The lowest BCUT2D eigenvalue weighted by Gasteiger charge is -2.15. The molecule has 2 amide bonds. The van der Waals surface area contributed by atoms with Crippen LogP contribution >= 0.6 is 0 Å². The zero-order valence-corrected chi connectivity index (χ0v) is 16.2. The molecule has 0 saturated heterocycles. The van der Waals surface area contributed by atoms with E-state index in [0.717, 1.165) is 0 Å². The average Bonchev–Trinajstić information content (AvgIpc) is 3.12. The summed E-state index contributed by atoms with van der Waals surface area (Å²) < 4.78 is 19.4. The first-order valence-electron chi connectivity index (χ1n) is 9.27. The number of hydrogen-bond acceptors (Lipinski definition) is 5. The molecule has 2 aromatic carbocycles. The Morgan fingerprint density at radius 3 is 2.50 bits per heavy atom. The largest absolute Gasteiger partial charge is 0.462 e. The maximum atomic E-state index is 13.0. The van der Waals surface area contributed by atoms with Crippen molar-refractivity contribution in [1.82, 2.24) is 9.78 Å². The molecule has 30 heavy (non-hydrogen) atoms. The first-order chi connectivity index (χ1) is 14.5. The van der Waals surface area contributed by atoms with E-state index in [-0.39, 0.29) is 24.5 Å². The molecule has 0 fully saturated rings. The van der Waals surface area contributed by atoms with Crippen molar-refractivity contribution in [2.24, 2.45) is 0 Å². The fourth-order valence-electron chi connectivity index (χ4n) is 2.76. The normalized spacial score (nSPS) is 11.6. The second kappa shape index (κ2) is 9.66. The van der Waals surface area contributed by atoms with Gasteiger partial charge in [0.05, 0.1) is 25.5 Å². The zero-order valence-electron chi connectivity index (χ0n) is 16.2. The molecule has 0 aliphatic heterocycles. The van der Waals surface area contributed by atoms with Gasteiger partial charge in [-0.15, -0.1) is 0 Å². The van der Waals surface area contributed by atoms with Crippen LogP contribution in [0.25, 0.3) is 0 Å². The number of esters is 1. The SMILES string of the molecule is CCOC(=O)c1cnn(CC(O)c2ccccc2)c1NC(=O)Nc1ccc(F)cc1. The Balaban J connectivity index is 1.82. The van der Waals surface area contributed by atoms with Crippen LogP contribution in [0.4, 0.5) is 20.7 Å². The molecule has 1 unspecified atom stereocenters. The van der Waals surface area contributed by atoms with Crippen LogP contribution in [0.1, 0.15) is 28.9 Å². The van der Waals surface area contributed by atoms with E-state index < -0.39 is 23.9 Å². The van der Waals surface area contributed by atoms with Crippen molar-refractivity contribution in [3.63, 3.8) is 0 Å². The van der Waals surface area contributed by atoms with Gasteiger partial charge in [0.25, 0.3) is 0 Å². The monoisotopic (exact) mass is 412 g/mol. The van der Waals surface area contributed by atoms with Gasteiger partial charge in [-0.2, -0.15) is 5.10 Å². The molecule has 156 valence electrons. The number of urea groups is 1. The van der Waals surface area contributed by atoms with Crippen LogP contribution in [0.2, 0.25) is 0 Å². The summed E-state index contributed by atoms with van der Waals surface area (Å²) >= 11 is 0. The topological polar surface area (TPSA) is 105 Å². The van der Waals surface area contributed by atoms with E-state index in [1.165, 1.54) is 35.1 Å². The van der Waals surface area contributed by atoms with Crippen LogP contribution in [0.5, 0.6) is 0 Å². The van der Waals surface area contributed by atoms with E-state index in [9.17, 15) is 19.1 Å². The summed E-state index contributed by atoms with van der Waals surface area (Å²) in [4.78, 5) is 24.7. The Kier molecular flexibility index (Phi) is 6.76. The van der Waals surface area contributed by atoms with E-state index in [1.807, 2.05) is 6.07 Å². The summed E-state index contributed by atoms with van der Waals surface area (Å²) in [5.74, 6) is -1.02. The number of amides is 2. The summed E-state index contributed by atoms with van der Waals surface area (Å²) in [6, 6.07) is 13.5. The van der Waals surface area contributed by atoms with E-state index in [4.69, 9.17) is 4.74 Å². The minimum Gasteiger partial charge on any atom is -0.462 e. The van der Waals surface area contributed by atoms with Gasteiger partial charge in [-0.1, -0.05) is 30.3 Å². The van der Waals surface area contributed by atoms with Gasteiger partial charge in [0.2, 0.25) is 0 Å². The first kappa shape index (κ1) is 21.0. The molecule has 8 nitrogen and oxygen atoms in total. The third-order valence-corrected chi connectivity index (χ3v) is 4.20. The first-order valence-corrected chi connectivity index (χ1v) is 9.27. The number of aromatic nitrogens is 2. The molecule has 3 N–H and O–H groups in total. The highest BCUT2D eigenvalue weighted by atomic mass is 19.1. The van der Waals surface area contributed by atoms with Gasteiger partial charge in [0, 0.05) is 5.69 Å². The standard InChI is InChI=1S/C21H21FN4O4/c1-2-30-20(28)17-12-23-26(13-18(27)14-6-4-3-5-7-14)19(17)25-21(29)24-16-10-8-15(22)9-11-16/h3-12,18,27H,2,13H2,1H3,(H2,24,25,29). The third-order valence-electron chi connectivity index (χ3n) is 4.20. The molecule has 9 heteroatoms. The van der Waals surface area contributed by atoms with Crippen LogP contribution < -0.4 is 10.6 Å². The molecular formula is C21H21FN4O4. The van der Waals surface area contributed by atoms with Crippen LogP contribution in [0, 0.1) is 5.82 Å². The number of aliphatic hydroxyl groups excluding tert-OH is 1. The molecule has 0 spiro atoms. The van der Waals surface area contributed by atoms with Gasteiger partial charge in [-0.25, -0.2) is 18.7 Å². The Morgan fingerprint density at radius 2 is 1.83 bits per heavy atom. The van der Waals surface area contributed by atoms with Crippen molar-refractivity contribution < 1.29 is 23.8 Å². The van der Waals surface area contributed by atoms with Gasteiger partial charge in [-0.05, 0) is 36.8 Å². The number of carbonyl (C=O) groups excluding carboxylic acids is 2. The molecular weight excluding hydrogens is 391 g/mol. The third kappa shape index (κ3) is 5.21. The van der Waals surface area contributed by atoms with Crippen LogP contribution in [0.15, 0.2) is 60.8 Å². The Morgan fingerprint density at radius 1 is 1.13 bits per heavy atom. The van der Waals surface area contributed by atoms with Gasteiger partial charge in [0.15, 0.2) is 0 Å². The van der Waals surface area contributed by atoms with Crippen molar-refractivity contribution in [3.8, 4) is 0 Å². The summed E-state index contributed by atoms with van der Waals surface area (Å²) in [6.45, 7) is 1.81. The van der Waals surface area contributed by atoms with Crippen molar-refractivity contribution in [2.75, 3.05) is 17.2 Å². The average molecular weight is 412 g/mol. The number of nitrogens with one attached hydrogen (secondary N) is 2. The van der Waals surface area contributed by atoms with E-state index in [1.54, 1.807) is 31.2 Å². The summed E-state index contributed by atoms with van der Waals surface area (Å²) in [6.07, 6.45) is 0.352. The van der Waals surface area contributed by atoms with Gasteiger partial charge in [0.1, 0.15) is 17.2 Å². The van der Waals surface area contributed by atoms with Gasteiger partial charge >= 0.3 is 12.0 Å². The molecule has 3 aromatic rings. The van der Waals surface area contributed by atoms with E-state index >= 15 is 0 Å². The van der Waals surface area contributed by atoms with E-state index in [0.29, 0.717) is 11.3 Å². The number of rotatable bonds is 7. The minimum atomic E-state index is -0.915. The molecule has 0 aliphatic carbocycles. The molecule has 1 heterocycles. The second-order valence-corrected chi connectivity index (χ2v) is 6.32. The number of benzene rings is 2.